The minimum atomic E-state index is -0.256. The predicted octanol–water partition coefficient (Wildman–Crippen LogP) is 3.48. The Kier molecular flexibility index (Phi) is 6.82. The Balaban J connectivity index is 1.43. The Morgan fingerprint density at radius 3 is 2.18 bits per heavy atom. The maximum Gasteiger partial charge on any atom is 0.233 e. The summed E-state index contributed by atoms with van der Waals surface area (Å²) in [6.07, 6.45) is -0.107. The van der Waals surface area contributed by atoms with E-state index in [0.717, 1.165) is 25.3 Å². The van der Waals surface area contributed by atoms with Crippen molar-refractivity contribution in [3.05, 3.63) is 65.7 Å². The van der Waals surface area contributed by atoms with E-state index in [9.17, 15) is 9.59 Å². The van der Waals surface area contributed by atoms with Crippen molar-refractivity contribution in [3.63, 3.8) is 0 Å². The molecule has 3 rings (SSSR count). The van der Waals surface area contributed by atoms with Crippen LogP contribution in [0.1, 0.15) is 37.3 Å². The fourth-order valence-electron chi connectivity index (χ4n) is 3.40. The van der Waals surface area contributed by atoms with Crippen LogP contribution in [0, 0.1) is 0 Å². The number of carbonyl (C=O) groups is 2. The van der Waals surface area contributed by atoms with Crippen molar-refractivity contribution in [2.45, 2.75) is 32.7 Å². The minimum absolute atomic E-state index is 0.101. The Hall–Kier alpha value is -2.66. The maximum atomic E-state index is 12.5. The van der Waals surface area contributed by atoms with Gasteiger partial charge in [-0.05, 0) is 29.2 Å². The molecule has 2 amide bonds. The summed E-state index contributed by atoms with van der Waals surface area (Å²) < 4.78 is 0. The van der Waals surface area contributed by atoms with Crippen LogP contribution in [0.4, 0.5) is 5.69 Å². The number of nitrogens with zero attached hydrogens (tertiary/aromatic N) is 2. The summed E-state index contributed by atoms with van der Waals surface area (Å²) in [6.45, 7) is 8.16. The quantitative estimate of drug-likeness (QED) is 0.782. The molecular weight excluding hydrogens is 350 g/mol. The number of benzene rings is 2. The number of anilines is 1. The van der Waals surface area contributed by atoms with E-state index >= 15 is 0 Å². The number of amides is 2. The van der Waals surface area contributed by atoms with Crippen molar-refractivity contribution < 1.29 is 9.59 Å². The third-order valence-corrected chi connectivity index (χ3v) is 5.15. The Bertz CT molecular complexity index is 779. The second-order valence-electron chi connectivity index (χ2n) is 7.64. The van der Waals surface area contributed by atoms with Crippen LogP contribution < -0.4 is 5.32 Å². The third kappa shape index (κ3) is 5.67. The average molecular weight is 380 g/mol. The van der Waals surface area contributed by atoms with E-state index in [1.54, 1.807) is 4.90 Å². The van der Waals surface area contributed by atoms with Gasteiger partial charge in [0.2, 0.25) is 11.8 Å². The SMILES string of the molecule is CC(C)c1ccc(NC(=O)CC(=O)N2CCN(Cc3ccccc3)CC2)cc1. The van der Waals surface area contributed by atoms with Gasteiger partial charge in [-0.2, -0.15) is 0 Å². The van der Waals surface area contributed by atoms with Crippen LogP contribution in [-0.4, -0.2) is 47.8 Å². The highest BCUT2D eigenvalue weighted by atomic mass is 16.2. The number of hydrogen-bond acceptors (Lipinski definition) is 3. The van der Waals surface area contributed by atoms with Crippen molar-refractivity contribution in [2.24, 2.45) is 0 Å². The first kappa shape index (κ1) is 20.1. The molecule has 0 spiro atoms. The highest BCUT2D eigenvalue weighted by Crippen LogP contribution is 2.17. The van der Waals surface area contributed by atoms with Gasteiger partial charge in [0, 0.05) is 38.4 Å². The van der Waals surface area contributed by atoms with Gasteiger partial charge in [-0.15, -0.1) is 0 Å². The normalized spacial score (nSPS) is 14.9. The molecule has 28 heavy (non-hydrogen) atoms. The summed E-state index contributed by atoms with van der Waals surface area (Å²) in [7, 11) is 0. The second-order valence-corrected chi connectivity index (χ2v) is 7.64. The van der Waals surface area contributed by atoms with E-state index < -0.39 is 0 Å². The van der Waals surface area contributed by atoms with Crippen LogP contribution in [0.15, 0.2) is 54.6 Å². The van der Waals surface area contributed by atoms with Crippen LogP contribution in [0.2, 0.25) is 0 Å². The first-order chi connectivity index (χ1) is 13.5. The van der Waals surface area contributed by atoms with E-state index in [2.05, 4.69) is 36.2 Å². The van der Waals surface area contributed by atoms with Crippen molar-refractivity contribution in [1.82, 2.24) is 9.80 Å². The topological polar surface area (TPSA) is 52.7 Å². The highest BCUT2D eigenvalue weighted by molar-refractivity contribution is 6.03. The molecule has 1 heterocycles. The first-order valence-electron chi connectivity index (χ1n) is 9.95. The highest BCUT2D eigenvalue weighted by Gasteiger charge is 2.22. The lowest BCUT2D eigenvalue weighted by atomic mass is 10.0. The number of piperazine rings is 1. The van der Waals surface area contributed by atoms with Crippen molar-refractivity contribution in [1.29, 1.82) is 0 Å². The van der Waals surface area contributed by atoms with Crippen LogP contribution >= 0.6 is 0 Å². The molecule has 0 saturated carbocycles. The molecule has 5 nitrogen and oxygen atoms in total. The largest absolute Gasteiger partial charge is 0.340 e. The van der Waals surface area contributed by atoms with Gasteiger partial charge < -0.3 is 10.2 Å². The molecular formula is C23H29N3O2. The van der Waals surface area contributed by atoms with Crippen LogP contribution in [0.25, 0.3) is 0 Å². The Morgan fingerprint density at radius 2 is 1.57 bits per heavy atom. The summed E-state index contributed by atoms with van der Waals surface area (Å²) in [5.74, 6) is 0.0940. The standard InChI is InChI=1S/C23H29N3O2/c1-18(2)20-8-10-21(11-9-20)24-22(27)16-23(28)26-14-12-25(13-15-26)17-19-6-4-3-5-7-19/h3-11,18H,12-17H2,1-2H3,(H,24,27). The van der Waals surface area contributed by atoms with E-state index in [1.807, 2.05) is 42.5 Å². The van der Waals surface area contributed by atoms with Gasteiger partial charge in [-0.1, -0.05) is 56.3 Å². The van der Waals surface area contributed by atoms with E-state index in [1.165, 1.54) is 11.1 Å². The zero-order chi connectivity index (χ0) is 19.9. The van der Waals surface area contributed by atoms with Crippen LogP contribution in [-0.2, 0) is 16.1 Å². The Labute approximate surface area is 167 Å². The van der Waals surface area contributed by atoms with E-state index in [0.29, 0.717) is 19.0 Å². The third-order valence-electron chi connectivity index (χ3n) is 5.15. The Morgan fingerprint density at radius 1 is 0.929 bits per heavy atom. The van der Waals surface area contributed by atoms with E-state index in [-0.39, 0.29) is 18.2 Å². The van der Waals surface area contributed by atoms with Gasteiger partial charge >= 0.3 is 0 Å². The summed E-state index contributed by atoms with van der Waals surface area (Å²) in [5.41, 5.74) is 3.24. The smallest absolute Gasteiger partial charge is 0.233 e. The van der Waals surface area contributed by atoms with Gasteiger partial charge in [0.15, 0.2) is 0 Å². The lowest BCUT2D eigenvalue weighted by Gasteiger charge is -2.34. The molecule has 1 aliphatic rings. The molecule has 0 bridgehead atoms. The first-order valence-corrected chi connectivity index (χ1v) is 9.95. The molecule has 5 heteroatoms. The summed E-state index contributed by atoms with van der Waals surface area (Å²) in [6, 6.07) is 18.1. The van der Waals surface area contributed by atoms with Crippen LogP contribution in [0.3, 0.4) is 0 Å². The molecule has 0 aliphatic carbocycles. The van der Waals surface area contributed by atoms with Gasteiger partial charge in [0.1, 0.15) is 6.42 Å². The number of nitrogens with one attached hydrogen (secondary N) is 1. The molecule has 0 atom stereocenters. The zero-order valence-electron chi connectivity index (χ0n) is 16.7. The molecule has 1 aliphatic heterocycles. The predicted molar refractivity (Wildman–Crippen MR) is 112 cm³/mol. The monoisotopic (exact) mass is 379 g/mol. The summed E-state index contributed by atoms with van der Waals surface area (Å²) in [5, 5.41) is 2.82. The lowest BCUT2D eigenvalue weighted by molar-refractivity contribution is -0.136. The van der Waals surface area contributed by atoms with E-state index in [4.69, 9.17) is 0 Å². The molecule has 1 fully saturated rings. The molecule has 2 aromatic carbocycles. The number of rotatable bonds is 6. The molecule has 148 valence electrons. The lowest BCUT2D eigenvalue weighted by Crippen LogP contribution is -2.48. The van der Waals surface area contributed by atoms with Crippen molar-refractivity contribution >= 4 is 17.5 Å². The van der Waals surface area contributed by atoms with Gasteiger partial charge in [-0.3, -0.25) is 14.5 Å². The van der Waals surface area contributed by atoms with Crippen molar-refractivity contribution in [2.75, 3.05) is 31.5 Å². The number of carbonyl (C=O) groups excluding carboxylic acids is 2. The zero-order valence-corrected chi connectivity index (χ0v) is 16.7. The van der Waals surface area contributed by atoms with Gasteiger partial charge in [-0.25, -0.2) is 0 Å². The molecule has 1 N–H and O–H groups in total. The second kappa shape index (κ2) is 9.51. The number of hydrogen-bond donors (Lipinski definition) is 1. The fourth-order valence-corrected chi connectivity index (χ4v) is 3.40. The van der Waals surface area contributed by atoms with Gasteiger partial charge in [0.25, 0.3) is 0 Å². The molecule has 2 aromatic rings. The van der Waals surface area contributed by atoms with Crippen molar-refractivity contribution in [3.8, 4) is 0 Å². The maximum absolute atomic E-state index is 12.5. The molecule has 0 radical (unpaired) electrons. The van der Waals surface area contributed by atoms with Crippen LogP contribution in [0.5, 0.6) is 0 Å². The molecule has 0 aromatic heterocycles. The van der Waals surface area contributed by atoms with Gasteiger partial charge in [0.05, 0.1) is 0 Å². The summed E-state index contributed by atoms with van der Waals surface area (Å²) >= 11 is 0. The average Bonchev–Trinajstić information content (AvgIpc) is 2.69. The minimum Gasteiger partial charge on any atom is -0.340 e. The summed E-state index contributed by atoms with van der Waals surface area (Å²) in [4.78, 5) is 28.8. The molecule has 1 saturated heterocycles. The molecule has 0 unspecified atom stereocenters. The fraction of sp³-hybridized carbons (Fsp3) is 0.391.